The maximum Gasteiger partial charge on any atom is 0.269 e. The number of aromatic nitrogens is 2. The van der Waals surface area contributed by atoms with E-state index in [9.17, 15) is 14.4 Å². The van der Waals surface area contributed by atoms with E-state index in [0.29, 0.717) is 70.2 Å². The summed E-state index contributed by atoms with van der Waals surface area (Å²) in [5.41, 5.74) is 9.97. The van der Waals surface area contributed by atoms with Gasteiger partial charge >= 0.3 is 0 Å². The van der Waals surface area contributed by atoms with Gasteiger partial charge in [-0.3, -0.25) is 30.7 Å². The average Bonchev–Trinajstić information content (AvgIpc) is 3.81. The van der Waals surface area contributed by atoms with Gasteiger partial charge < -0.3 is 23.0 Å². The number of carbonyl (C=O) groups is 3. The topological polar surface area (TPSA) is 193 Å². The molecule has 1 unspecified atom stereocenters. The monoisotopic (exact) mass is 754 g/mol. The molecular formula is C36H40Cl2N6O8. The molecule has 5 rings (SSSR count). The number of nitrogens with one attached hydrogen (secondary N) is 3. The number of nitrogen functional groups attached to an aromatic ring is 1. The zero-order chi connectivity index (χ0) is 36.8. The van der Waals surface area contributed by atoms with Gasteiger partial charge in [-0.15, -0.1) is 24.0 Å². The first-order valence-corrected chi connectivity index (χ1v) is 16.2. The first-order chi connectivity index (χ1) is 24.7. The number of hydrazine groups is 2. The smallest absolute Gasteiger partial charge is 0.269 e. The summed E-state index contributed by atoms with van der Waals surface area (Å²) in [7, 11) is 3.02. The highest BCUT2D eigenvalue weighted by Crippen LogP contribution is 2.32. The van der Waals surface area contributed by atoms with E-state index in [1.165, 1.54) is 14.2 Å². The number of carbonyl (C=O) groups excluding carboxylic acids is 3. The van der Waals surface area contributed by atoms with E-state index in [4.69, 9.17) is 40.5 Å². The number of aryl methyl sites for hydroxylation is 2. The molecule has 3 aromatic carbocycles. The Morgan fingerprint density at radius 2 is 1.35 bits per heavy atom. The Hall–Kier alpha value is -5.41. The molecule has 5 aromatic rings. The number of amides is 3. The zero-order valence-corrected chi connectivity index (χ0v) is 30.5. The van der Waals surface area contributed by atoms with Crippen LogP contribution >= 0.6 is 24.0 Å². The largest absolute Gasteiger partial charge is 0.496 e. The predicted molar refractivity (Wildman–Crippen MR) is 196 cm³/mol. The van der Waals surface area contributed by atoms with E-state index in [2.05, 4.69) is 26.2 Å². The molecule has 0 aliphatic heterocycles. The third-order valence-corrected chi connectivity index (χ3v) is 7.58. The number of alkyl halides is 1. The predicted octanol–water partition coefficient (Wildman–Crippen LogP) is 5.71. The fourth-order valence-corrected chi connectivity index (χ4v) is 4.88. The number of oxazole rings is 2. The van der Waals surface area contributed by atoms with Gasteiger partial charge in [-0.1, -0.05) is 30.3 Å². The highest BCUT2D eigenvalue weighted by atomic mass is 35.5. The number of hydrogen-bond acceptors (Lipinski definition) is 11. The minimum absolute atomic E-state index is 0. The second kappa shape index (κ2) is 20.4. The molecule has 16 heteroatoms. The van der Waals surface area contributed by atoms with E-state index in [0.717, 1.165) is 11.1 Å². The highest BCUT2D eigenvalue weighted by molar-refractivity contribution is 6.17. The van der Waals surface area contributed by atoms with E-state index < -0.39 is 17.9 Å². The summed E-state index contributed by atoms with van der Waals surface area (Å²) in [6.45, 7) is 3.77. The molecule has 52 heavy (non-hydrogen) atoms. The number of hydrogen-bond donors (Lipinski definition) is 4. The van der Waals surface area contributed by atoms with Crippen molar-refractivity contribution >= 4 is 41.7 Å². The van der Waals surface area contributed by atoms with Gasteiger partial charge in [0.25, 0.3) is 17.7 Å². The number of rotatable bonds is 13. The Balaban J connectivity index is 0.000000324. The quantitative estimate of drug-likeness (QED) is 0.0498. The summed E-state index contributed by atoms with van der Waals surface area (Å²) in [4.78, 5) is 44.7. The fourth-order valence-electron chi connectivity index (χ4n) is 4.72. The lowest BCUT2D eigenvalue weighted by atomic mass is 10.1. The van der Waals surface area contributed by atoms with Crippen molar-refractivity contribution in [3.8, 4) is 34.1 Å². The molecule has 0 fully saturated rings. The van der Waals surface area contributed by atoms with E-state index >= 15 is 0 Å². The molecule has 0 spiro atoms. The van der Waals surface area contributed by atoms with Crippen LogP contribution < -0.4 is 31.6 Å². The van der Waals surface area contributed by atoms with Crippen molar-refractivity contribution in [3.63, 3.8) is 0 Å². The van der Waals surface area contributed by atoms with Crippen LogP contribution in [0.2, 0.25) is 0 Å². The number of nitrogens with zero attached hydrogens (tertiary/aromatic N) is 2. The van der Waals surface area contributed by atoms with Crippen molar-refractivity contribution < 1.29 is 37.4 Å². The first-order valence-electron chi connectivity index (χ1n) is 15.7. The van der Waals surface area contributed by atoms with Gasteiger partial charge in [0.2, 0.25) is 0 Å². The second-order valence-corrected chi connectivity index (χ2v) is 11.2. The summed E-state index contributed by atoms with van der Waals surface area (Å²) in [6.07, 6.45) is 3.47. The minimum atomic E-state index is -0.754. The van der Waals surface area contributed by atoms with Crippen molar-refractivity contribution in [2.75, 3.05) is 20.1 Å². The molecule has 0 saturated carbocycles. The number of methoxy groups -OCH3 is 2. The van der Waals surface area contributed by atoms with Crippen LogP contribution in [0.4, 0.5) is 0 Å². The van der Waals surface area contributed by atoms with Crippen molar-refractivity contribution in [2.24, 2.45) is 5.84 Å². The van der Waals surface area contributed by atoms with Crippen LogP contribution in [-0.2, 0) is 16.1 Å². The SMILES string of the molecule is COc1cc(C(=O)NN)ccc1-c1cnc(C)o1.COc1cc(C(=O)NNC(=O)C(CCCCl)OCc2ccccc2)ccc1-c1cnc(C)o1.Cl. The molecule has 0 aliphatic carbocycles. The second-order valence-electron chi connectivity index (χ2n) is 10.9. The van der Waals surface area contributed by atoms with Gasteiger partial charge in [0.1, 0.15) is 17.6 Å². The third kappa shape index (κ3) is 11.3. The van der Waals surface area contributed by atoms with Crippen LogP contribution in [0.15, 0.2) is 88.0 Å². The standard InChI is InChI=1S/C24H26ClN3O5.C12H13N3O3.ClH/c1-16-26-14-22(33-16)19-11-10-18(13-21(19)31-2)23(29)27-28-24(30)20(9-6-12-25)32-15-17-7-4-3-5-8-17;1-7-14-6-11(18-7)9-4-3-8(12(16)15-13)5-10(9)17-2;/h3-5,7-8,10-11,13-14,20H,6,9,12,15H2,1-2H3,(H,27,29)(H,28,30);3-6H,13H2,1-2H3,(H,15,16);1H. The van der Waals surface area contributed by atoms with Gasteiger partial charge in [0, 0.05) is 30.9 Å². The zero-order valence-electron chi connectivity index (χ0n) is 28.9. The maximum atomic E-state index is 12.6. The van der Waals surface area contributed by atoms with Crippen LogP contribution in [0.25, 0.3) is 22.6 Å². The van der Waals surface area contributed by atoms with Crippen LogP contribution in [0.1, 0.15) is 50.9 Å². The maximum absolute atomic E-state index is 12.6. The van der Waals surface area contributed by atoms with Gasteiger partial charge in [0.15, 0.2) is 23.3 Å². The molecule has 1 atom stereocenters. The fraction of sp³-hybridized carbons (Fsp3) is 0.250. The number of halogens is 2. The summed E-state index contributed by atoms with van der Waals surface area (Å²) in [5.74, 6) is 7.32. The Kier molecular flexibility index (Phi) is 16.1. The van der Waals surface area contributed by atoms with Gasteiger partial charge in [-0.2, -0.15) is 0 Å². The third-order valence-electron chi connectivity index (χ3n) is 7.32. The van der Waals surface area contributed by atoms with Crippen LogP contribution in [0, 0.1) is 13.8 Å². The molecule has 14 nitrogen and oxygen atoms in total. The summed E-state index contributed by atoms with van der Waals surface area (Å²) in [6, 6.07) is 19.3. The summed E-state index contributed by atoms with van der Waals surface area (Å²) >= 11 is 5.78. The van der Waals surface area contributed by atoms with Crippen LogP contribution in [0.5, 0.6) is 11.5 Å². The van der Waals surface area contributed by atoms with Gasteiger partial charge in [0.05, 0.1) is 44.3 Å². The van der Waals surface area contributed by atoms with Crippen LogP contribution in [-0.4, -0.2) is 53.9 Å². The van der Waals surface area contributed by atoms with E-state index in [-0.39, 0.29) is 24.9 Å². The van der Waals surface area contributed by atoms with Gasteiger partial charge in [-0.05, 0) is 54.8 Å². The number of ether oxygens (including phenoxy) is 3. The molecule has 0 bridgehead atoms. The molecule has 5 N–H and O–H groups in total. The first kappa shape index (κ1) is 41.0. The lowest BCUT2D eigenvalue weighted by Gasteiger charge is -2.18. The molecule has 0 radical (unpaired) electrons. The van der Waals surface area contributed by atoms with Crippen LogP contribution in [0.3, 0.4) is 0 Å². The average molecular weight is 756 g/mol. The van der Waals surface area contributed by atoms with E-state index in [1.807, 2.05) is 30.3 Å². The molecule has 3 amide bonds. The lowest BCUT2D eigenvalue weighted by Crippen LogP contribution is -2.47. The Morgan fingerprint density at radius 3 is 1.81 bits per heavy atom. The van der Waals surface area contributed by atoms with E-state index in [1.54, 1.807) is 62.6 Å². The molecule has 2 aromatic heterocycles. The lowest BCUT2D eigenvalue weighted by molar-refractivity contribution is -0.135. The molecular weight excluding hydrogens is 715 g/mol. The normalized spacial score (nSPS) is 10.9. The molecule has 2 heterocycles. The Bertz CT molecular complexity index is 1920. The number of nitrogens with two attached hydrogens (primary N) is 1. The molecule has 0 saturated heterocycles. The van der Waals surface area contributed by atoms with Gasteiger partial charge in [-0.25, -0.2) is 15.8 Å². The highest BCUT2D eigenvalue weighted by Gasteiger charge is 2.21. The van der Waals surface area contributed by atoms with Crippen molar-refractivity contribution in [1.29, 1.82) is 0 Å². The Labute approximate surface area is 311 Å². The Morgan fingerprint density at radius 1 is 0.808 bits per heavy atom. The summed E-state index contributed by atoms with van der Waals surface area (Å²) < 4.78 is 27.4. The van der Waals surface area contributed by atoms with Crippen molar-refractivity contribution in [2.45, 2.75) is 39.4 Å². The number of benzene rings is 3. The van der Waals surface area contributed by atoms with Crippen molar-refractivity contribution in [3.05, 3.63) is 108 Å². The van der Waals surface area contributed by atoms with Crippen molar-refractivity contribution in [1.82, 2.24) is 26.2 Å². The minimum Gasteiger partial charge on any atom is -0.496 e. The molecule has 0 aliphatic rings. The summed E-state index contributed by atoms with van der Waals surface area (Å²) in [5, 5.41) is 0. The molecule has 276 valence electrons.